The molecule has 0 atom stereocenters. The molecule has 4 nitrogen and oxygen atoms in total. The molecule has 0 aliphatic carbocycles. The van der Waals surface area contributed by atoms with Crippen LogP contribution in [-0.4, -0.2) is 4.98 Å². The third-order valence-electron chi connectivity index (χ3n) is 7.51. The third kappa shape index (κ3) is 3.97. The Morgan fingerprint density at radius 2 is 1.07 bits per heavy atom. The van der Waals surface area contributed by atoms with E-state index < -0.39 is 0 Å². The first-order valence-corrected chi connectivity index (χ1v) is 13.6. The van der Waals surface area contributed by atoms with Crippen molar-refractivity contribution in [2.45, 2.75) is 0 Å². The van der Waals surface area contributed by atoms with Crippen LogP contribution in [0.2, 0.25) is 0 Å². The summed E-state index contributed by atoms with van der Waals surface area (Å²) < 4.78 is 12.6. The Kier molecular flexibility index (Phi) is 5.42. The van der Waals surface area contributed by atoms with E-state index in [4.69, 9.17) is 13.8 Å². The molecular weight excluding hydrogens is 504 g/mol. The molecule has 0 amide bonds. The zero-order valence-corrected chi connectivity index (χ0v) is 22.1. The molecule has 8 rings (SSSR count). The van der Waals surface area contributed by atoms with Gasteiger partial charge in [0, 0.05) is 33.6 Å². The fourth-order valence-electron chi connectivity index (χ4n) is 5.60. The SMILES string of the molecule is c1ccc(-c2nc3c(ccc4oc5c(-c6ccc(N(c7ccccc7)c7ccccc7)cc6)cccc5c43)o2)cc1. The maximum atomic E-state index is 6.49. The predicted molar refractivity (Wildman–Crippen MR) is 167 cm³/mol. The summed E-state index contributed by atoms with van der Waals surface area (Å²) in [5.74, 6) is 0.607. The lowest BCUT2D eigenvalue weighted by Crippen LogP contribution is -2.09. The predicted octanol–water partition coefficient (Wildman–Crippen LogP) is 10.5. The number of benzene rings is 6. The minimum atomic E-state index is 0.607. The van der Waals surface area contributed by atoms with Gasteiger partial charge in [-0.1, -0.05) is 84.9 Å². The molecule has 0 aliphatic rings. The fourth-order valence-corrected chi connectivity index (χ4v) is 5.60. The van der Waals surface area contributed by atoms with Gasteiger partial charge in [0.05, 0.1) is 5.39 Å². The summed E-state index contributed by atoms with van der Waals surface area (Å²) >= 11 is 0. The molecule has 0 N–H and O–H groups in total. The van der Waals surface area contributed by atoms with Crippen LogP contribution in [-0.2, 0) is 0 Å². The van der Waals surface area contributed by atoms with E-state index in [1.165, 1.54) is 0 Å². The second-order valence-electron chi connectivity index (χ2n) is 10.0. The highest BCUT2D eigenvalue weighted by Gasteiger charge is 2.19. The standard InChI is InChI=1S/C37H24N2O2/c1-4-11-26(12-5-1)37-38-35-33(41-37)24-23-32-34(35)31-18-10-17-30(36(31)40-32)25-19-21-29(22-20-25)39(27-13-6-2-7-14-27)28-15-8-3-9-16-28/h1-24H. The molecule has 41 heavy (non-hydrogen) atoms. The average Bonchev–Trinajstić information content (AvgIpc) is 3.65. The Morgan fingerprint density at radius 1 is 0.463 bits per heavy atom. The van der Waals surface area contributed by atoms with Crippen molar-refractivity contribution < 1.29 is 8.83 Å². The Morgan fingerprint density at radius 3 is 1.76 bits per heavy atom. The molecule has 0 bridgehead atoms. The maximum absolute atomic E-state index is 6.49. The molecule has 0 unspecified atom stereocenters. The van der Waals surface area contributed by atoms with E-state index >= 15 is 0 Å². The lowest BCUT2D eigenvalue weighted by molar-refractivity contribution is 0.619. The number of anilines is 3. The topological polar surface area (TPSA) is 42.4 Å². The van der Waals surface area contributed by atoms with Gasteiger partial charge in [-0.25, -0.2) is 4.98 Å². The fraction of sp³-hybridized carbons (Fsp3) is 0. The van der Waals surface area contributed by atoms with Crippen molar-refractivity contribution in [2.75, 3.05) is 4.90 Å². The summed E-state index contributed by atoms with van der Waals surface area (Å²) in [5.41, 5.74) is 9.57. The van der Waals surface area contributed by atoms with Gasteiger partial charge in [0.25, 0.3) is 0 Å². The molecule has 8 aromatic rings. The molecule has 194 valence electrons. The number of aromatic nitrogens is 1. The van der Waals surface area contributed by atoms with Crippen LogP contribution in [0.1, 0.15) is 0 Å². The van der Waals surface area contributed by atoms with Gasteiger partial charge in [-0.2, -0.15) is 0 Å². The molecule has 0 aliphatic heterocycles. The molecule has 2 heterocycles. The summed E-state index contributed by atoms with van der Waals surface area (Å²) in [5, 5.41) is 2.00. The molecule has 0 fully saturated rings. The molecule has 2 aromatic heterocycles. The van der Waals surface area contributed by atoms with Crippen molar-refractivity contribution >= 4 is 50.1 Å². The van der Waals surface area contributed by atoms with E-state index in [0.29, 0.717) is 5.89 Å². The molecule has 0 saturated heterocycles. The zero-order valence-electron chi connectivity index (χ0n) is 22.1. The van der Waals surface area contributed by atoms with Crippen LogP contribution in [0, 0.1) is 0 Å². The second-order valence-corrected chi connectivity index (χ2v) is 10.0. The van der Waals surface area contributed by atoms with Crippen molar-refractivity contribution in [1.29, 1.82) is 0 Å². The third-order valence-corrected chi connectivity index (χ3v) is 7.51. The van der Waals surface area contributed by atoms with Gasteiger partial charge in [0.15, 0.2) is 5.58 Å². The first kappa shape index (κ1) is 23.3. The smallest absolute Gasteiger partial charge is 0.227 e. The summed E-state index contributed by atoms with van der Waals surface area (Å²) in [6.45, 7) is 0. The quantitative estimate of drug-likeness (QED) is 0.223. The number of furan rings is 1. The molecule has 0 radical (unpaired) electrons. The first-order valence-electron chi connectivity index (χ1n) is 13.6. The van der Waals surface area contributed by atoms with Gasteiger partial charge in [0.1, 0.15) is 16.7 Å². The van der Waals surface area contributed by atoms with Crippen molar-refractivity contribution in [3.63, 3.8) is 0 Å². The molecule has 6 aromatic carbocycles. The van der Waals surface area contributed by atoms with Crippen LogP contribution in [0.25, 0.3) is 55.6 Å². The number of hydrogen-bond donors (Lipinski definition) is 0. The van der Waals surface area contributed by atoms with Gasteiger partial charge in [-0.05, 0) is 66.2 Å². The van der Waals surface area contributed by atoms with Crippen molar-refractivity contribution in [2.24, 2.45) is 0 Å². The van der Waals surface area contributed by atoms with Crippen molar-refractivity contribution in [3.8, 4) is 22.6 Å². The molecule has 0 saturated carbocycles. The van der Waals surface area contributed by atoms with Gasteiger partial charge >= 0.3 is 0 Å². The number of rotatable bonds is 5. The Hall–Kier alpha value is -5.61. The Bertz CT molecular complexity index is 2090. The normalized spacial score (nSPS) is 11.4. The monoisotopic (exact) mass is 528 g/mol. The van der Waals surface area contributed by atoms with Gasteiger partial charge in [-0.15, -0.1) is 0 Å². The second kappa shape index (κ2) is 9.54. The first-order chi connectivity index (χ1) is 20.3. The van der Waals surface area contributed by atoms with Crippen LogP contribution in [0.15, 0.2) is 154 Å². The minimum absolute atomic E-state index is 0.607. The summed E-state index contributed by atoms with van der Waals surface area (Å²) in [6, 6.07) is 49.7. The van der Waals surface area contributed by atoms with Gasteiger partial charge in [-0.3, -0.25) is 0 Å². The largest absolute Gasteiger partial charge is 0.455 e. The maximum Gasteiger partial charge on any atom is 0.227 e. The lowest BCUT2D eigenvalue weighted by Gasteiger charge is -2.25. The number of fused-ring (bicyclic) bond motifs is 5. The van der Waals surface area contributed by atoms with E-state index in [-0.39, 0.29) is 0 Å². The van der Waals surface area contributed by atoms with Crippen molar-refractivity contribution in [1.82, 2.24) is 4.98 Å². The molecule has 4 heteroatoms. The highest BCUT2D eigenvalue weighted by atomic mass is 16.4. The van der Waals surface area contributed by atoms with Crippen LogP contribution in [0.3, 0.4) is 0 Å². The Labute approximate surface area is 236 Å². The number of nitrogens with zero attached hydrogens (tertiary/aromatic N) is 2. The number of para-hydroxylation sites is 3. The number of oxazole rings is 1. The van der Waals surface area contributed by atoms with E-state index in [1.807, 2.05) is 54.6 Å². The van der Waals surface area contributed by atoms with Crippen molar-refractivity contribution in [3.05, 3.63) is 146 Å². The van der Waals surface area contributed by atoms with Gasteiger partial charge < -0.3 is 13.7 Å². The van der Waals surface area contributed by atoms with Crippen LogP contribution >= 0.6 is 0 Å². The highest BCUT2D eigenvalue weighted by molar-refractivity contribution is 6.19. The molecule has 0 spiro atoms. The van der Waals surface area contributed by atoms with E-state index in [9.17, 15) is 0 Å². The molecular formula is C37H24N2O2. The van der Waals surface area contributed by atoms with E-state index in [1.54, 1.807) is 0 Å². The Balaban J connectivity index is 1.24. The van der Waals surface area contributed by atoms with E-state index in [2.05, 4.69) is 95.9 Å². The van der Waals surface area contributed by atoms with Crippen LogP contribution in [0.4, 0.5) is 17.1 Å². The van der Waals surface area contributed by atoms with Crippen LogP contribution in [0.5, 0.6) is 0 Å². The summed E-state index contributed by atoms with van der Waals surface area (Å²) in [7, 11) is 0. The number of hydrogen-bond acceptors (Lipinski definition) is 4. The van der Waals surface area contributed by atoms with Crippen LogP contribution < -0.4 is 4.90 Å². The zero-order chi connectivity index (χ0) is 27.2. The minimum Gasteiger partial charge on any atom is -0.455 e. The highest BCUT2D eigenvalue weighted by Crippen LogP contribution is 2.41. The summed E-state index contributed by atoms with van der Waals surface area (Å²) in [6.07, 6.45) is 0. The lowest BCUT2D eigenvalue weighted by atomic mass is 10.0. The summed E-state index contributed by atoms with van der Waals surface area (Å²) in [4.78, 5) is 7.15. The van der Waals surface area contributed by atoms with E-state index in [0.717, 1.165) is 66.8 Å². The van der Waals surface area contributed by atoms with Gasteiger partial charge in [0.2, 0.25) is 5.89 Å². The average molecular weight is 529 g/mol.